The maximum atomic E-state index is 13.9. The van der Waals surface area contributed by atoms with E-state index in [1.54, 1.807) is 6.92 Å². The van der Waals surface area contributed by atoms with Gasteiger partial charge in [0.2, 0.25) is 17.4 Å². The van der Waals surface area contributed by atoms with Crippen molar-refractivity contribution < 1.29 is 24.8 Å². The molecule has 31 heavy (non-hydrogen) atoms. The van der Waals surface area contributed by atoms with Crippen LogP contribution in [0.5, 0.6) is 0 Å². The molecule has 3 aliphatic heterocycles. The fourth-order valence-electron chi connectivity index (χ4n) is 6.68. The molecule has 1 aromatic rings. The zero-order chi connectivity index (χ0) is 22.1. The molecule has 2 saturated heterocycles. The van der Waals surface area contributed by atoms with Gasteiger partial charge in [0.15, 0.2) is 0 Å². The van der Waals surface area contributed by atoms with Crippen LogP contribution in [0.3, 0.4) is 0 Å². The number of aryl methyl sites for hydroxylation is 2. The normalized spacial score (nSPS) is 34.1. The number of hydrogen-bond donors (Lipinski definition) is 3. The number of carbonyl (C=O) groups excluding carboxylic acids is 3. The van der Waals surface area contributed by atoms with Crippen LogP contribution in [0.4, 0.5) is 5.69 Å². The van der Waals surface area contributed by atoms with Crippen molar-refractivity contribution in [2.75, 3.05) is 5.32 Å². The van der Waals surface area contributed by atoms with Crippen LogP contribution in [-0.4, -0.2) is 45.9 Å². The Morgan fingerprint density at radius 3 is 2.42 bits per heavy atom. The smallest absolute Gasteiger partial charge is 0.291 e. The first-order valence-electron chi connectivity index (χ1n) is 11.6. The summed E-state index contributed by atoms with van der Waals surface area (Å²) in [6.07, 6.45) is 5.11. The third kappa shape index (κ3) is 2.75. The first-order valence-corrected chi connectivity index (χ1v) is 11.6. The van der Waals surface area contributed by atoms with E-state index in [4.69, 9.17) is 0 Å². The van der Waals surface area contributed by atoms with Gasteiger partial charge in [0.05, 0.1) is 5.69 Å². The predicted molar refractivity (Wildman–Crippen MR) is 114 cm³/mol. The lowest BCUT2D eigenvalue weighted by Gasteiger charge is -2.30. The molecule has 1 saturated carbocycles. The number of benzene rings is 1. The van der Waals surface area contributed by atoms with Crippen LogP contribution >= 0.6 is 0 Å². The number of hydrogen-bond acceptors (Lipinski definition) is 4. The van der Waals surface area contributed by atoms with Crippen molar-refractivity contribution in [1.29, 1.82) is 0 Å². The van der Waals surface area contributed by atoms with Crippen LogP contribution in [0, 0.1) is 25.7 Å². The van der Waals surface area contributed by atoms with Crippen LogP contribution in [0.15, 0.2) is 12.1 Å². The summed E-state index contributed by atoms with van der Waals surface area (Å²) in [5, 5.41) is 15.4. The molecule has 0 radical (unpaired) electrons. The zero-order valence-corrected chi connectivity index (χ0v) is 18.5. The van der Waals surface area contributed by atoms with Crippen LogP contribution in [0.1, 0.15) is 62.1 Å². The van der Waals surface area contributed by atoms with Crippen molar-refractivity contribution in [3.63, 3.8) is 0 Å². The van der Waals surface area contributed by atoms with Gasteiger partial charge in [0.1, 0.15) is 24.0 Å². The monoisotopic (exact) mass is 426 g/mol. The van der Waals surface area contributed by atoms with Gasteiger partial charge in [-0.25, -0.2) is 0 Å². The fourth-order valence-corrected chi connectivity index (χ4v) is 6.68. The van der Waals surface area contributed by atoms with Crippen molar-refractivity contribution in [3.8, 4) is 0 Å². The van der Waals surface area contributed by atoms with Crippen LogP contribution in [0.2, 0.25) is 0 Å². The van der Waals surface area contributed by atoms with Gasteiger partial charge in [-0.2, -0.15) is 0 Å². The lowest BCUT2D eigenvalue weighted by atomic mass is 9.75. The molecule has 3 amide bonds. The quantitative estimate of drug-likeness (QED) is 0.487. The molecule has 7 nitrogen and oxygen atoms in total. The summed E-state index contributed by atoms with van der Waals surface area (Å²) in [5.74, 6) is -2.16. The van der Waals surface area contributed by atoms with E-state index in [-0.39, 0.29) is 23.8 Å². The summed E-state index contributed by atoms with van der Waals surface area (Å²) in [4.78, 5) is 42.5. The molecule has 4 N–H and O–H groups in total. The summed E-state index contributed by atoms with van der Waals surface area (Å²) < 4.78 is 0. The van der Waals surface area contributed by atoms with Crippen LogP contribution < -0.4 is 10.6 Å². The van der Waals surface area contributed by atoms with Gasteiger partial charge in [-0.15, -0.1) is 0 Å². The average molecular weight is 427 g/mol. The maximum absolute atomic E-state index is 13.9. The molecule has 5 atom stereocenters. The minimum atomic E-state index is -1.20. The number of amides is 3. The SMILES string of the molecule is Cc1cc(C)c2c(c1)[C@]1([NH2+][C@H]([C@@H](C)O)[C@H]3C(=O)N(C4CCCCCC4)C(=O)[C@H]31)C(=O)N2. The molecule has 1 aliphatic carbocycles. The number of carbonyl (C=O) groups is 3. The third-order valence-corrected chi connectivity index (χ3v) is 8.03. The summed E-state index contributed by atoms with van der Waals surface area (Å²) in [6.45, 7) is 5.57. The van der Waals surface area contributed by atoms with Crippen molar-refractivity contribution in [1.82, 2.24) is 4.90 Å². The van der Waals surface area contributed by atoms with Gasteiger partial charge >= 0.3 is 0 Å². The summed E-state index contributed by atoms with van der Waals surface area (Å²) in [6, 6.07) is 3.35. The molecule has 0 aromatic heterocycles. The first-order chi connectivity index (χ1) is 14.8. The molecule has 0 bridgehead atoms. The molecule has 166 valence electrons. The molecule has 3 fully saturated rings. The Bertz CT molecular complexity index is 966. The number of likely N-dealkylation sites (tertiary alicyclic amines) is 1. The van der Waals surface area contributed by atoms with Gasteiger partial charge in [-0.1, -0.05) is 37.3 Å². The average Bonchev–Trinajstić information content (AvgIpc) is 3.18. The Morgan fingerprint density at radius 2 is 1.77 bits per heavy atom. The number of fused-ring (bicyclic) bond motifs is 4. The summed E-state index contributed by atoms with van der Waals surface area (Å²) >= 11 is 0. The predicted octanol–water partition coefficient (Wildman–Crippen LogP) is 1.10. The number of aliphatic hydroxyl groups is 1. The molecule has 7 heteroatoms. The van der Waals surface area contributed by atoms with Gasteiger partial charge in [0, 0.05) is 11.6 Å². The number of rotatable bonds is 2. The van der Waals surface area contributed by atoms with Crippen molar-refractivity contribution in [2.24, 2.45) is 11.8 Å². The highest BCUT2D eigenvalue weighted by Gasteiger charge is 2.75. The van der Waals surface area contributed by atoms with Gasteiger partial charge in [-0.05, 0) is 45.2 Å². The summed E-state index contributed by atoms with van der Waals surface area (Å²) in [7, 11) is 0. The first kappa shape index (κ1) is 20.6. The Morgan fingerprint density at radius 1 is 1.10 bits per heavy atom. The highest BCUT2D eigenvalue weighted by molar-refractivity contribution is 6.14. The van der Waals surface area contributed by atoms with Crippen molar-refractivity contribution in [3.05, 3.63) is 28.8 Å². The largest absolute Gasteiger partial charge is 0.387 e. The molecule has 5 rings (SSSR count). The van der Waals surface area contributed by atoms with E-state index in [2.05, 4.69) is 5.32 Å². The second-order valence-electron chi connectivity index (χ2n) is 10.0. The molecule has 1 spiro atoms. The lowest BCUT2D eigenvalue weighted by molar-refractivity contribution is -0.738. The second kappa shape index (κ2) is 7.14. The Labute approximate surface area is 182 Å². The van der Waals surface area contributed by atoms with E-state index in [0.717, 1.165) is 60.9 Å². The molecule has 4 aliphatic rings. The standard InChI is InChI=1S/C24H31N3O4/c1-12-10-13(2)19-16(11-12)24(23(31)25-19)18-17(20(26-24)14(3)28)21(29)27(22(18)30)15-8-6-4-5-7-9-15/h10-11,14-15,17-18,20,26,28H,4-9H2,1-3H3,(H,25,31)/p+1/t14-,17+,18+,20-,24-/m1/s1. The Hall–Kier alpha value is -2.25. The van der Waals surface area contributed by atoms with Gasteiger partial charge in [-0.3, -0.25) is 19.3 Å². The molecular weight excluding hydrogens is 394 g/mol. The Balaban J connectivity index is 1.65. The van der Waals surface area contributed by atoms with E-state index in [1.165, 1.54) is 4.90 Å². The van der Waals surface area contributed by atoms with Crippen LogP contribution in [0.25, 0.3) is 0 Å². The van der Waals surface area contributed by atoms with Crippen LogP contribution in [-0.2, 0) is 19.9 Å². The van der Waals surface area contributed by atoms with Gasteiger partial charge < -0.3 is 15.7 Å². The number of nitrogens with one attached hydrogen (secondary N) is 1. The molecular formula is C24H32N3O4+. The topological polar surface area (TPSA) is 103 Å². The minimum absolute atomic E-state index is 0.0945. The number of anilines is 1. The molecule has 0 unspecified atom stereocenters. The number of quaternary nitrogens is 1. The number of nitrogens with zero attached hydrogens (tertiary/aromatic N) is 1. The van der Waals surface area contributed by atoms with E-state index in [9.17, 15) is 19.5 Å². The summed E-state index contributed by atoms with van der Waals surface area (Å²) in [5.41, 5.74) is 2.27. The van der Waals surface area contributed by atoms with E-state index in [0.29, 0.717) is 0 Å². The van der Waals surface area contributed by atoms with Gasteiger partial charge in [0.25, 0.3) is 5.91 Å². The third-order valence-electron chi connectivity index (χ3n) is 8.03. The van der Waals surface area contributed by atoms with E-state index < -0.39 is 29.5 Å². The zero-order valence-electron chi connectivity index (χ0n) is 18.5. The lowest BCUT2D eigenvalue weighted by Crippen LogP contribution is -3.00. The van der Waals surface area contributed by atoms with E-state index in [1.807, 2.05) is 31.3 Å². The fraction of sp³-hybridized carbons (Fsp3) is 0.625. The van der Waals surface area contributed by atoms with Crippen molar-refractivity contribution in [2.45, 2.75) is 83.0 Å². The maximum Gasteiger partial charge on any atom is 0.291 e. The highest BCUT2D eigenvalue weighted by Crippen LogP contribution is 2.51. The number of imide groups is 1. The molecule has 3 heterocycles. The second-order valence-corrected chi connectivity index (χ2v) is 10.0. The number of aliphatic hydroxyl groups excluding tert-OH is 1. The van der Waals surface area contributed by atoms with Crippen molar-refractivity contribution >= 4 is 23.4 Å². The Kier molecular flexibility index (Phi) is 4.75. The number of nitrogens with two attached hydrogens (primary N) is 1. The highest BCUT2D eigenvalue weighted by atomic mass is 16.3. The van der Waals surface area contributed by atoms with E-state index >= 15 is 0 Å². The molecule has 1 aromatic carbocycles. The minimum Gasteiger partial charge on any atom is -0.387 e.